The van der Waals surface area contributed by atoms with E-state index in [1.54, 1.807) is 0 Å². The van der Waals surface area contributed by atoms with Crippen LogP contribution < -0.4 is 0 Å². The smallest absolute Gasteiger partial charge is 0.209 e. The van der Waals surface area contributed by atoms with Crippen LogP contribution in [0.15, 0.2) is 28.7 Å². The summed E-state index contributed by atoms with van der Waals surface area (Å²) in [6.45, 7) is 1.74. The summed E-state index contributed by atoms with van der Waals surface area (Å²) >= 11 is 0. The summed E-state index contributed by atoms with van der Waals surface area (Å²) in [5.41, 5.74) is 1.72. The molecule has 16 heavy (non-hydrogen) atoms. The highest BCUT2D eigenvalue weighted by Crippen LogP contribution is 2.15. The number of hydrogen-bond donors (Lipinski definition) is 1. The summed E-state index contributed by atoms with van der Waals surface area (Å²) in [5, 5.41) is 8.73. The summed E-state index contributed by atoms with van der Waals surface area (Å²) < 4.78 is 5.60. The van der Waals surface area contributed by atoms with Gasteiger partial charge in [0, 0.05) is 13.2 Å². The van der Waals surface area contributed by atoms with E-state index in [9.17, 15) is 0 Å². The van der Waals surface area contributed by atoms with Crippen LogP contribution >= 0.6 is 0 Å². The minimum atomic E-state index is 0.220. The first-order valence-corrected chi connectivity index (χ1v) is 5.43. The lowest BCUT2D eigenvalue weighted by Gasteiger charge is -2.12. The molecule has 0 bridgehead atoms. The number of nitrogens with zero attached hydrogens (tertiary/aromatic N) is 2. The van der Waals surface area contributed by atoms with Crippen molar-refractivity contribution in [2.24, 2.45) is 0 Å². The number of fused-ring (bicyclic) bond motifs is 1. The molecule has 0 aliphatic carbocycles. The Hall–Kier alpha value is -1.39. The first-order valence-electron chi connectivity index (χ1n) is 5.43. The zero-order valence-corrected chi connectivity index (χ0v) is 9.39. The quantitative estimate of drug-likeness (QED) is 0.832. The van der Waals surface area contributed by atoms with Crippen LogP contribution in [-0.4, -0.2) is 35.2 Å². The monoisotopic (exact) mass is 220 g/mol. The van der Waals surface area contributed by atoms with Crippen molar-refractivity contribution in [1.29, 1.82) is 0 Å². The molecular formula is C12H16N2O2. The molecule has 1 aromatic heterocycles. The van der Waals surface area contributed by atoms with Crippen molar-refractivity contribution in [2.75, 3.05) is 20.2 Å². The van der Waals surface area contributed by atoms with Crippen molar-refractivity contribution in [1.82, 2.24) is 9.88 Å². The molecule has 0 saturated carbocycles. The second-order valence-electron chi connectivity index (χ2n) is 3.89. The van der Waals surface area contributed by atoms with Gasteiger partial charge in [-0.15, -0.1) is 0 Å². The van der Waals surface area contributed by atoms with Crippen LogP contribution in [0.4, 0.5) is 0 Å². The molecule has 0 spiro atoms. The van der Waals surface area contributed by atoms with E-state index in [2.05, 4.69) is 9.88 Å². The molecule has 1 aromatic carbocycles. The molecule has 2 aromatic rings. The van der Waals surface area contributed by atoms with E-state index in [0.29, 0.717) is 6.54 Å². The van der Waals surface area contributed by atoms with E-state index in [1.807, 2.05) is 31.3 Å². The van der Waals surface area contributed by atoms with Gasteiger partial charge in [-0.05, 0) is 25.6 Å². The van der Waals surface area contributed by atoms with Crippen LogP contribution in [0.1, 0.15) is 12.3 Å². The van der Waals surface area contributed by atoms with Crippen molar-refractivity contribution < 1.29 is 9.52 Å². The number of oxazole rings is 1. The van der Waals surface area contributed by atoms with Gasteiger partial charge in [0.2, 0.25) is 5.89 Å². The van der Waals surface area contributed by atoms with Crippen molar-refractivity contribution >= 4 is 11.1 Å². The number of rotatable bonds is 5. The zero-order chi connectivity index (χ0) is 11.4. The number of hydrogen-bond acceptors (Lipinski definition) is 4. The van der Waals surface area contributed by atoms with Gasteiger partial charge in [-0.2, -0.15) is 0 Å². The number of aromatic nitrogens is 1. The first kappa shape index (κ1) is 11.1. The molecule has 0 amide bonds. The molecule has 1 N–H and O–H groups in total. The third kappa shape index (κ3) is 2.59. The van der Waals surface area contributed by atoms with Gasteiger partial charge in [0.05, 0.1) is 6.54 Å². The summed E-state index contributed by atoms with van der Waals surface area (Å²) in [5.74, 6) is 0.724. The number of aliphatic hydroxyl groups excluding tert-OH is 1. The molecule has 0 saturated heterocycles. The maximum absolute atomic E-state index is 8.73. The highest BCUT2D eigenvalue weighted by molar-refractivity contribution is 5.72. The highest BCUT2D eigenvalue weighted by atomic mass is 16.3. The molecule has 0 aliphatic heterocycles. The molecular weight excluding hydrogens is 204 g/mol. The van der Waals surface area contributed by atoms with Crippen molar-refractivity contribution in [3.8, 4) is 0 Å². The van der Waals surface area contributed by atoms with Crippen LogP contribution in [0.2, 0.25) is 0 Å². The van der Waals surface area contributed by atoms with E-state index < -0.39 is 0 Å². The predicted octanol–water partition coefficient (Wildman–Crippen LogP) is 1.64. The number of benzene rings is 1. The van der Waals surface area contributed by atoms with Gasteiger partial charge in [-0.1, -0.05) is 12.1 Å². The molecule has 0 unspecified atom stereocenters. The fourth-order valence-electron chi connectivity index (χ4n) is 1.64. The number of para-hydroxylation sites is 2. The maximum Gasteiger partial charge on any atom is 0.209 e. The lowest BCUT2D eigenvalue weighted by molar-refractivity contribution is 0.234. The van der Waals surface area contributed by atoms with Crippen molar-refractivity contribution in [3.05, 3.63) is 30.2 Å². The van der Waals surface area contributed by atoms with Gasteiger partial charge < -0.3 is 9.52 Å². The third-order valence-corrected chi connectivity index (χ3v) is 2.44. The Morgan fingerprint density at radius 3 is 2.94 bits per heavy atom. The second-order valence-corrected chi connectivity index (χ2v) is 3.89. The fraction of sp³-hybridized carbons (Fsp3) is 0.417. The Morgan fingerprint density at radius 2 is 2.19 bits per heavy atom. The van der Waals surface area contributed by atoms with Crippen LogP contribution in [0.25, 0.3) is 11.1 Å². The Bertz CT molecular complexity index is 420. The summed E-state index contributed by atoms with van der Waals surface area (Å²) in [7, 11) is 1.99. The molecule has 4 heteroatoms. The lowest BCUT2D eigenvalue weighted by Crippen LogP contribution is -2.19. The summed E-state index contributed by atoms with van der Waals surface area (Å²) in [4.78, 5) is 6.47. The van der Waals surface area contributed by atoms with E-state index in [-0.39, 0.29) is 6.61 Å². The molecule has 1 heterocycles. The van der Waals surface area contributed by atoms with Crippen molar-refractivity contribution in [3.63, 3.8) is 0 Å². The Labute approximate surface area is 94.5 Å². The first-order chi connectivity index (χ1) is 7.79. The largest absolute Gasteiger partial charge is 0.439 e. The van der Waals surface area contributed by atoms with Gasteiger partial charge in [0.25, 0.3) is 0 Å². The van der Waals surface area contributed by atoms with E-state index in [1.165, 1.54) is 0 Å². The standard InChI is InChI=1S/C12H16N2O2/c1-14(7-4-8-15)9-12-13-10-5-2-3-6-11(10)16-12/h2-3,5-6,15H,4,7-9H2,1H3. The zero-order valence-electron chi connectivity index (χ0n) is 9.39. The Kier molecular flexibility index (Phi) is 3.54. The third-order valence-electron chi connectivity index (χ3n) is 2.44. The minimum Gasteiger partial charge on any atom is -0.439 e. The number of aliphatic hydroxyl groups is 1. The van der Waals surface area contributed by atoms with E-state index in [4.69, 9.17) is 9.52 Å². The van der Waals surface area contributed by atoms with Crippen LogP contribution in [0.3, 0.4) is 0 Å². The minimum absolute atomic E-state index is 0.220. The Morgan fingerprint density at radius 1 is 1.38 bits per heavy atom. The summed E-state index contributed by atoms with van der Waals surface area (Å²) in [6, 6.07) is 7.74. The fourth-order valence-corrected chi connectivity index (χ4v) is 1.64. The topological polar surface area (TPSA) is 49.5 Å². The summed E-state index contributed by atoms with van der Waals surface area (Å²) in [6.07, 6.45) is 0.775. The molecule has 2 rings (SSSR count). The molecule has 0 radical (unpaired) electrons. The van der Waals surface area contributed by atoms with Gasteiger partial charge in [0.1, 0.15) is 5.52 Å². The average molecular weight is 220 g/mol. The SMILES string of the molecule is CN(CCCO)Cc1nc2ccccc2o1. The highest BCUT2D eigenvalue weighted by Gasteiger charge is 2.07. The average Bonchev–Trinajstić information content (AvgIpc) is 2.68. The van der Waals surface area contributed by atoms with E-state index >= 15 is 0 Å². The Balaban J connectivity index is 2.03. The van der Waals surface area contributed by atoms with Gasteiger partial charge in [-0.25, -0.2) is 4.98 Å². The maximum atomic E-state index is 8.73. The molecule has 0 fully saturated rings. The van der Waals surface area contributed by atoms with Crippen LogP contribution in [-0.2, 0) is 6.54 Å². The van der Waals surface area contributed by atoms with Gasteiger partial charge in [0.15, 0.2) is 5.58 Å². The second kappa shape index (κ2) is 5.09. The van der Waals surface area contributed by atoms with Gasteiger partial charge >= 0.3 is 0 Å². The molecule has 4 nitrogen and oxygen atoms in total. The normalized spacial score (nSPS) is 11.4. The molecule has 86 valence electrons. The van der Waals surface area contributed by atoms with E-state index in [0.717, 1.165) is 30.0 Å². The molecule has 0 aliphatic rings. The van der Waals surface area contributed by atoms with Gasteiger partial charge in [-0.3, -0.25) is 4.90 Å². The predicted molar refractivity (Wildman–Crippen MR) is 62.0 cm³/mol. The lowest BCUT2D eigenvalue weighted by atomic mass is 10.3. The van der Waals surface area contributed by atoms with Crippen molar-refractivity contribution in [2.45, 2.75) is 13.0 Å². The van der Waals surface area contributed by atoms with Crippen LogP contribution in [0, 0.1) is 0 Å². The van der Waals surface area contributed by atoms with Crippen LogP contribution in [0.5, 0.6) is 0 Å². The molecule has 0 atom stereocenters.